The molecule has 1 aromatic heterocycles. The highest BCUT2D eigenvalue weighted by atomic mass is 32.1. The lowest BCUT2D eigenvalue weighted by molar-refractivity contribution is 0.0544. The highest BCUT2D eigenvalue weighted by Gasteiger charge is 2.29. The van der Waals surface area contributed by atoms with E-state index in [1.54, 1.807) is 0 Å². The van der Waals surface area contributed by atoms with E-state index in [0.717, 1.165) is 31.7 Å². The van der Waals surface area contributed by atoms with Crippen molar-refractivity contribution in [1.29, 1.82) is 0 Å². The topological polar surface area (TPSA) is 15.7 Å². The highest BCUT2D eigenvalue weighted by Crippen LogP contribution is 2.29. The van der Waals surface area contributed by atoms with E-state index >= 15 is 0 Å². The van der Waals surface area contributed by atoms with Gasteiger partial charge in [0.2, 0.25) is 0 Å². The van der Waals surface area contributed by atoms with Crippen LogP contribution in [0.15, 0.2) is 12.1 Å². The van der Waals surface area contributed by atoms with Gasteiger partial charge in [-0.1, -0.05) is 12.8 Å². The standard InChI is InChI=1S/C22H36N2OS/c1-18-8-9-22(26-18)17-23(16-21-7-4-14-25-21)15-19-10-12-24(13-11-19)20-5-2-3-6-20/h8-9,19-21H,2-7,10-17H2,1H3/t21-/m0/s1. The van der Waals surface area contributed by atoms with E-state index in [4.69, 9.17) is 4.74 Å². The number of rotatable bonds is 7. The summed E-state index contributed by atoms with van der Waals surface area (Å²) in [5.74, 6) is 0.870. The molecule has 3 heterocycles. The minimum atomic E-state index is 0.467. The second-order valence-corrected chi connectivity index (χ2v) is 10.1. The summed E-state index contributed by atoms with van der Waals surface area (Å²) in [5, 5.41) is 0. The van der Waals surface area contributed by atoms with Crippen LogP contribution in [0.4, 0.5) is 0 Å². The molecule has 1 aromatic rings. The Balaban J connectivity index is 1.30. The summed E-state index contributed by atoms with van der Waals surface area (Å²) in [6.07, 6.45) is 11.6. The number of thiophene rings is 1. The molecule has 0 bridgehead atoms. The molecular formula is C22H36N2OS. The van der Waals surface area contributed by atoms with Gasteiger partial charge in [-0.2, -0.15) is 0 Å². The van der Waals surface area contributed by atoms with Gasteiger partial charge in [-0.05, 0) is 76.6 Å². The molecule has 0 radical (unpaired) electrons. The van der Waals surface area contributed by atoms with E-state index in [9.17, 15) is 0 Å². The second kappa shape index (κ2) is 9.18. The number of nitrogens with zero attached hydrogens (tertiary/aromatic N) is 2. The first-order chi connectivity index (χ1) is 12.8. The van der Waals surface area contributed by atoms with Gasteiger partial charge in [0.1, 0.15) is 0 Å². The monoisotopic (exact) mass is 376 g/mol. The minimum absolute atomic E-state index is 0.467. The Bertz CT molecular complexity index is 540. The molecule has 4 heteroatoms. The van der Waals surface area contributed by atoms with E-state index in [2.05, 4.69) is 28.9 Å². The zero-order valence-electron chi connectivity index (χ0n) is 16.5. The zero-order valence-corrected chi connectivity index (χ0v) is 17.3. The Labute approximate surface area is 163 Å². The fraction of sp³-hybridized carbons (Fsp3) is 0.818. The van der Waals surface area contributed by atoms with Gasteiger partial charge in [0.05, 0.1) is 6.10 Å². The molecule has 0 unspecified atom stereocenters. The molecule has 26 heavy (non-hydrogen) atoms. The third-order valence-electron chi connectivity index (χ3n) is 6.67. The van der Waals surface area contributed by atoms with Gasteiger partial charge in [0, 0.05) is 42.0 Å². The SMILES string of the molecule is Cc1ccc(CN(CC2CCN(C3CCCC3)CC2)C[C@@H]2CCCO2)s1. The van der Waals surface area contributed by atoms with Crippen LogP contribution in [0.2, 0.25) is 0 Å². The van der Waals surface area contributed by atoms with Gasteiger partial charge < -0.3 is 9.64 Å². The van der Waals surface area contributed by atoms with Crippen molar-refractivity contribution in [2.45, 2.75) is 77.0 Å². The molecule has 3 nitrogen and oxygen atoms in total. The van der Waals surface area contributed by atoms with Gasteiger partial charge in [-0.15, -0.1) is 11.3 Å². The lowest BCUT2D eigenvalue weighted by Crippen LogP contribution is -2.43. The van der Waals surface area contributed by atoms with Crippen molar-refractivity contribution < 1.29 is 4.74 Å². The highest BCUT2D eigenvalue weighted by molar-refractivity contribution is 7.11. The Morgan fingerprint density at radius 2 is 1.85 bits per heavy atom. The summed E-state index contributed by atoms with van der Waals surface area (Å²) in [7, 11) is 0. The number of aryl methyl sites for hydroxylation is 1. The molecule has 3 aliphatic rings. The molecule has 4 rings (SSSR count). The molecule has 1 saturated carbocycles. The van der Waals surface area contributed by atoms with Crippen molar-refractivity contribution in [2.75, 3.05) is 32.8 Å². The third-order valence-corrected chi connectivity index (χ3v) is 7.65. The summed E-state index contributed by atoms with van der Waals surface area (Å²) < 4.78 is 5.95. The Morgan fingerprint density at radius 1 is 1.04 bits per heavy atom. The van der Waals surface area contributed by atoms with Crippen molar-refractivity contribution in [1.82, 2.24) is 9.80 Å². The van der Waals surface area contributed by atoms with Gasteiger partial charge in [-0.3, -0.25) is 4.90 Å². The van der Waals surface area contributed by atoms with E-state index in [0.29, 0.717) is 6.10 Å². The second-order valence-electron chi connectivity index (χ2n) is 8.76. The summed E-state index contributed by atoms with van der Waals surface area (Å²) in [5.41, 5.74) is 0. The summed E-state index contributed by atoms with van der Waals surface area (Å²) in [4.78, 5) is 8.46. The van der Waals surface area contributed by atoms with Crippen LogP contribution in [0.25, 0.3) is 0 Å². The number of hydrogen-bond donors (Lipinski definition) is 0. The van der Waals surface area contributed by atoms with Crippen LogP contribution in [0.3, 0.4) is 0 Å². The lowest BCUT2D eigenvalue weighted by atomic mass is 9.94. The molecule has 0 amide bonds. The maximum atomic E-state index is 5.95. The maximum Gasteiger partial charge on any atom is 0.0702 e. The average molecular weight is 377 g/mol. The van der Waals surface area contributed by atoms with Crippen molar-refractivity contribution in [3.05, 3.63) is 21.9 Å². The van der Waals surface area contributed by atoms with E-state index in [1.165, 1.54) is 80.8 Å². The Morgan fingerprint density at radius 3 is 2.50 bits per heavy atom. The normalized spacial score (nSPS) is 26.3. The predicted octanol–water partition coefficient (Wildman–Crippen LogP) is 4.69. The smallest absolute Gasteiger partial charge is 0.0702 e. The van der Waals surface area contributed by atoms with Crippen LogP contribution >= 0.6 is 11.3 Å². The lowest BCUT2D eigenvalue weighted by Gasteiger charge is -2.38. The summed E-state index contributed by atoms with van der Waals surface area (Å²) in [6.45, 7) is 9.35. The van der Waals surface area contributed by atoms with Crippen LogP contribution in [-0.4, -0.2) is 54.7 Å². The van der Waals surface area contributed by atoms with E-state index < -0.39 is 0 Å². The van der Waals surface area contributed by atoms with Crippen LogP contribution in [0, 0.1) is 12.8 Å². The molecule has 0 N–H and O–H groups in total. The Hall–Kier alpha value is -0.420. The molecule has 2 saturated heterocycles. The predicted molar refractivity (Wildman–Crippen MR) is 110 cm³/mol. The minimum Gasteiger partial charge on any atom is -0.377 e. The van der Waals surface area contributed by atoms with E-state index in [1.807, 2.05) is 11.3 Å². The van der Waals surface area contributed by atoms with Crippen molar-refractivity contribution in [3.8, 4) is 0 Å². The number of piperidine rings is 1. The van der Waals surface area contributed by atoms with Gasteiger partial charge in [-0.25, -0.2) is 0 Å². The molecule has 0 aromatic carbocycles. The number of hydrogen-bond acceptors (Lipinski definition) is 4. The maximum absolute atomic E-state index is 5.95. The van der Waals surface area contributed by atoms with Crippen LogP contribution in [0.1, 0.15) is 61.1 Å². The third kappa shape index (κ3) is 5.09. The van der Waals surface area contributed by atoms with Gasteiger partial charge in [0.25, 0.3) is 0 Å². The molecule has 0 spiro atoms. The molecule has 1 atom stereocenters. The fourth-order valence-electron chi connectivity index (χ4n) is 5.21. The summed E-state index contributed by atoms with van der Waals surface area (Å²) in [6, 6.07) is 5.50. The molecule has 146 valence electrons. The number of likely N-dealkylation sites (tertiary alicyclic amines) is 1. The quantitative estimate of drug-likeness (QED) is 0.686. The van der Waals surface area contributed by atoms with Gasteiger partial charge >= 0.3 is 0 Å². The average Bonchev–Trinajstić information content (AvgIpc) is 3.39. The van der Waals surface area contributed by atoms with Crippen LogP contribution in [-0.2, 0) is 11.3 Å². The molecule has 2 aliphatic heterocycles. The largest absolute Gasteiger partial charge is 0.377 e. The van der Waals surface area contributed by atoms with Crippen LogP contribution < -0.4 is 0 Å². The van der Waals surface area contributed by atoms with Crippen molar-refractivity contribution >= 4 is 11.3 Å². The number of ether oxygens (including phenoxy) is 1. The van der Waals surface area contributed by atoms with Gasteiger partial charge in [0.15, 0.2) is 0 Å². The summed E-state index contributed by atoms with van der Waals surface area (Å²) >= 11 is 1.96. The first-order valence-corrected chi connectivity index (χ1v) is 11.7. The Kier molecular flexibility index (Phi) is 6.68. The molecular weight excluding hydrogens is 340 g/mol. The van der Waals surface area contributed by atoms with E-state index in [-0.39, 0.29) is 0 Å². The first-order valence-electron chi connectivity index (χ1n) is 10.9. The van der Waals surface area contributed by atoms with Crippen molar-refractivity contribution in [3.63, 3.8) is 0 Å². The van der Waals surface area contributed by atoms with Crippen LogP contribution in [0.5, 0.6) is 0 Å². The fourth-order valence-corrected chi connectivity index (χ4v) is 6.14. The zero-order chi connectivity index (χ0) is 17.8. The molecule has 1 aliphatic carbocycles. The van der Waals surface area contributed by atoms with Crippen molar-refractivity contribution in [2.24, 2.45) is 5.92 Å². The molecule has 3 fully saturated rings. The first kappa shape index (κ1) is 18.9.